The first-order valence-corrected chi connectivity index (χ1v) is 11.3. The fraction of sp³-hybridized carbons (Fsp3) is 0.450. The van der Waals surface area contributed by atoms with Crippen molar-refractivity contribution >= 4 is 21.7 Å². The number of hydrogen-bond donors (Lipinski definition) is 2. The van der Waals surface area contributed by atoms with Crippen LogP contribution in [0.3, 0.4) is 0 Å². The lowest BCUT2D eigenvalue weighted by Crippen LogP contribution is -2.60. The summed E-state index contributed by atoms with van der Waals surface area (Å²) >= 11 is 0. The molecule has 2 aliphatic heterocycles. The van der Waals surface area contributed by atoms with Crippen LogP contribution in [0.15, 0.2) is 41.7 Å². The molecule has 2 aromatic rings. The predicted octanol–water partition coefficient (Wildman–Crippen LogP) is 0.766. The van der Waals surface area contributed by atoms with Crippen LogP contribution in [-0.2, 0) is 21.2 Å². The molecule has 0 bridgehead atoms. The van der Waals surface area contributed by atoms with E-state index in [9.17, 15) is 18.0 Å². The predicted molar refractivity (Wildman–Crippen MR) is 109 cm³/mol. The molecule has 30 heavy (non-hydrogen) atoms. The van der Waals surface area contributed by atoms with Gasteiger partial charge in [-0.05, 0) is 38.9 Å². The van der Waals surface area contributed by atoms with Crippen LogP contribution in [-0.4, -0.2) is 71.1 Å². The highest BCUT2D eigenvalue weighted by atomic mass is 32.2. The van der Waals surface area contributed by atoms with Gasteiger partial charge in [0, 0.05) is 37.0 Å². The summed E-state index contributed by atoms with van der Waals surface area (Å²) < 4.78 is 28.9. The van der Waals surface area contributed by atoms with Crippen LogP contribution in [0.2, 0.25) is 0 Å². The number of H-pyrrole nitrogens is 1. The number of amides is 1. The molecule has 1 unspecified atom stereocenters. The molecule has 0 aliphatic carbocycles. The summed E-state index contributed by atoms with van der Waals surface area (Å²) in [6.45, 7) is 2.78. The van der Waals surface area contributed by atoms with Crippen LogP contribution >= 0.6 is 0 Å². The number of nitrogens with zero attached hydrogens (tertiary/aromatic N) is 3. The number of carbonyl (C=O) groups excluding carboxylic acids is 2. The molecule has 1 aromatic carbocycles. The largest absolute Gasteiger partial charge is 0.348 e. The first-order valence-electron chi connectivity index (χ1n) is 9.86. The lowest BCUT2D eigenvalue weighted by Gasteiger charge is -2.43. The summed E-state index contributed by atoms with van der Waals surface area (Å²) in [6.07, 6.45) is 4.30. The summed E-state index contributed by atoms with van der Waals surface area (Å²) in [4.78, 5) is 33.7. The van der Waals surface area contributed by atoms with E-state index in [-0.39, 0.29) is 23.0 Å². The Morgan fingerprint density at radius 3 is 2.47 bits per heavy atom. The van der Waals surface area contributed by atoms with E-state index in [0.29, 0.717) is 37.2 Å². The molecule has 0 radical (unpaired) electrons. The van der Waals surface area contributed by atoms with Crippen molar-refractivity contribution in [3.63, 3.8) is 0 Å². The second kappa shape index (κ2) is 7.60. The molecule has 9 nitrogen and oxygen atoms in total. The van der Waals surface area contributed by atoms with Gasteiger partial charge in [0.1, 0.15) is 11.7 Å². The number of aromatic nitrogens is 2. The first-order chi connectivity index (χ1) is 14.2. The van der Waals surface area contributed by atoms with Crippen molar-refractivity contribution in [3.8, 4) is 0 Å². The summed E-state index contributed by atoms with van der Waals surface area (Å²) in [5, 5.41) is 3.00. The Bertz CT molecular complexity index is 1040. The van der Waals surface area contributed by atoms with E-state index in [4.69, 9.17) is 0 Å². The number of hydrogen-bond acceptors (Lipinski definition) is 6. The van der Waals surface area contributed by atoms with Crippen LogP contribution in [0.25, 0.3) is 0 Å². The molecular formula is C20H25N5O4S. The number of ketones is 1. The van der Waals surface area contributed by atoms with Crippen molar-refractivity contribution in [1.82, 2.24) is 24.5 Å². The molecule has 2 fully saturated rings. The maximum Gasteiger partial charge on any atom is 0.245 e. The van der Waals surface area contributed by atoms with Gasteiger partial charge >= 0.3 is 0 Å². The molecule has 160 valence electrons. The molecule has 10 heteroatoms. The lowest BCUT2D eigenvalue weighted by atomic mass is 9.98. The number of imidazole rings is 1. The number of likely N-dealkylation sites (tertiary alicyclic amines) is 1. The second-order valence-electron chi connectivity index (χ2n) is 8.00. The third kappa shape index (κ3) is 3.55. The van der Waals surface area contributed by atoms with E-state index in [1.165, 1.54) is 41.8 Å². The number of piperidine rings is 1. The molecule has 2 aliphatic rings. The Morgan fingerprint density at radius 2 is 1.90 bits per heavy atom. The zero-order valence-corrected chi connectivity index (χ0v) is 17.8. The number of carbonyl (C=O) groups is 2. The highest BCUT2D eigenvalue weighted by Crippen LogP contribution is 2.38. The average molecular weight is 432 g/mol. The van der Waals surface area contributed by atoms with E-state index >= 15 is 0 Å². The van der Waals surface area contributed by atoms with Crippen molar-refractivity contribution in [3.05, 3.63) is 48.0 Å². The van der Waals surface area contributed by atoms with Crippen molar-refractivity contribution in [2.45, 2.75) is 42.8 Å². The molecular weight excluding hydrogens is 406 g/mol. The van der Waals surface area contributed by atoms with Gasteiger partial charge in [0.05, 0.1) is 11.2 Å². The summed E-state index contributed by atoms with van der Waals surface area (Å²) in [6, 6.07) is 5.00. The summed E-state index contributed by atoms with van der Waals surface area (Å²) in [7, 11) is -2.03. The SMILES string of the molecule is CC(=O)c1ccc(S(=O)(=O)N2C(Cc3cnc[nH]3)C(=O)NC23CCN(C)CC3)cc1. The Kier molecular flexibility index (Phi) is 5.25. The first kappa shape index (κ1) is 20.7. The van der Waals surface area contributed by atoms with Crippen LogP contribution < -0.4 is 5.32 Å². The zero-order chi connectivity index (χ0) is 21.5. The zero-order valence-electron chi connectivity index (χ0n) is 17.0. The number of nitrogens with one attached hydrogen (secondary N) is 2. The number of aromatic amines is 1. The third-order valence-electron chi connectivity index (χ3n) is 5.96. The molecule has 2 saturated heterocycles. The maximum atomic E-state index is 13.8. The van der Waals surface area contributed by atoms with Crippen molar-refractivity contribution in [2.24, 2.45) is 0 Å². The Morgan fingerprint density at radius 1 is 1.23 bits per heavy atom. The van der Waals surface area contributed by atoms with Crippen molar-refractivity contribution in [1.29, 1.82) is 0 Å². The van der Waals surface area contributed by atoms with E-state index in [0.717, 1.165) is 0 Å². The lowest BCUT2D eigenvalue weighted by molar-refractivity contribution is -0.121. The van der Waals surface area contributed by atoms with Crippen LogP contribution in [0, 0.1) is 0 Å². The quantitative estimate of drug-likeness (QED) is 0.676. The van der Waals surface area contributed by atoms with Gasteiger partial charge in [0.15, 0.2) is 5.78 Å². The standard InChI is InChI=1S/C20H25N5O4S/c1-14(26)15-3-5-17(6-4-15)30(28,29)25-18(11-16-12-21-13-22-16)19(27)23-20(25)7-9-24(2)10-8-20/h3-6,12-13,18H,7-11H2,1-2H3,(H,21,22)(H,23,27). The Hall–Kier alpha value is -2.56. The van der Waals surface area contributed by atoms with Crippen LogP contribution in [0.4, 0.5) is 0 Å². The van der Waals surface area contributed by atoms with E-state index in [1.807, 2.05) is 7.05 Å². The average Bonchev–Trinajstić information content (AvgIpc) is 3.31. The number of Topliss-reactive ketones (excluding diaryl/α,β-unsaturated/α-hetero) is 1. The Labute approximate surface area is 175 Å². The Balaban J connectivity index is 1.76. The number of rotatable bonds is 5. The topological polar surface area (TPSA) is 115 Å². The molecule has 3 heterocycles. The minimum Gasteiger partial charge on any atom is -0.348 e. The molecule has 1 amide bonds. The highest BCUT2D eigenvalue weighted by molar-refractivity contribution is 7.89. The smallest absolute Gasteiger partial charge is 0.245 e. The maximum absolute atomic E-state index is 13.8. The van der Waals surface area contributed by atoms with Gasteiger partial charge in [-0.15, -0.1) is 0 Å². The fourth-order valence-electron chi connectivity index (χ4n) is 4.26. The van der Waals surface area contributed by atoms with Crippen molar-refractivity contribution in [2.75, 3.05) is 20.1 Å². The molecule has 0 saturated carbocycles. The molecule has 1 atom stereocenters. The van der Waals surface area contributed by atoms with Gasteiger partial charge in [0.25, 0.3) is 0 Å². The van der Waals surface area contributed by atoms with Gasteiger partial charge in [-0.1, -0.05) is 12.1 Å². The van der Waals surface area contributed by atoms with Crippen LogP contribution in [0.1, 0.15) is 35.8 Å². The summed E-state index contributed by atoms with van der Waals surface area (Å²) in [5.41, 5.74) is 0.159. The number of benzene rings is 1. The molecule has 1 aromatic heterocycles. The normalized spacial score (nSPS) is 22.3. The monoisotopic (exact) mass is 431 g/mol. The molecule has 1 spiro atoms. The molecule has 2 N–H and O–H groups in total. The minimum absolute atomic E-state index is 0.0666. The van der Waals surface area contributed by atoms with Gasteiger partial charge in [0.2, 0.25) is 15.9 Å². The van der Waals surface area contributed by atoms with Gasteiger partial charge in [-0.25, -0.2) is 13.4 Å². The van der Waals surface area contributed by atoms with Crippen LogP contribution in [0.5, 0.6) is 0 Å². The van der Waals surface area contributed by atoms with E-state index < -0.39 is 21.7 Å². The summed E-state index contributed by atoms with van der Waals surface area (Å²) in [5.74, 6) is -0.445. The second-order valence-corrected chi connectivity index (χ2v) is 9.82. The van der Waals surface area contributed by atoms with Crippen molar-refractivity contribution < 1.29 is 18.0 Å². The third-order valence-corrected chi connectivity index (χ3v) is 7.95. The highest BCUT2D eigenvalue weighted by Gasteiger charge is 2.57. The van der Waals surface area contributed by atoms with Gasteiger partial charge in [-0.2, -0.15) is 4.31 Å². The number of sulfonamides is 1. The fourth-order valence-corrected chi connectivity index (χ4v) is 6.16. The molecule has 4 rings (SSSR count). The van der Waals surface area contributed by atoms with Gasteiger partial charge in [-0.3, -0.25) is 9.59 Å². The van der Waals surface area contributed by atoms with E-state index in [1.54, 1.807) is 6.20 Å². The minimum atomic E-state index is -4.01. The van der Waals surface area contributed by atoms with Gasteiger partial charge < -0.3 is 15.2 Å². The van der Waals surface area contributed by atoms with E-state index in [2.05, 4.69) is 20.2 Å².